The van der Waals surface area contributed by atoms with Crippen LogP contribution in [-0.4, -0.2) is 9.97 Å². The molecule has 2 heterocycles. The maximum Gasteiger partial charge on any atom is 0.433 e. The molecule has 2 nitrogen and oxygen atoms in total. The zero-order valence-corrected chi connectivity index (χ0v) is 8.89. The van der Waals surface area contributed by atoms with E-state index in [2.05, 4.69) is 9.97 Å². The van der Waals surface area contributed by atoms with Crippen molar-refractivity contribution < 1.29 is 13.2 Å². The van der Waals surface area contributed by atoms with Crippen molar-refractivity contribution in [1.29, 1.82) is 0 Å². The zero-order valence-electron chi connectivity index (χ0n) is 8.89. The van der Waals surface area contributed by atoms with Crippen LogP contribution < -0.4 is 0 Å². The number of hydrogen-bond acceptors (Lipinski definition) is 1. The third-order valence-corrected chi connectivity index (χ3v) is 2.48. The van der Waals surface area contributed by atoms with Gasteiger partial charge in [-0.1, -0.05) is 13.8 Å². The van der Waals surface area contributed by atoms with Crippen LogP contribution >= 0.6 is 0 Å². The van der Waals surface area contributed by atoms with Crippen molar-refractivity contribution in [3.05, 3.63) is 29.6 Å². The molecule has 0 radical (unpaired) electrons. The van der Waals surface area contributed by atoms with E-state index in [9.17, 15) is 13.2 Å². The number of alkyl halides is 3. The van der Waals surface area contributed by atoms with Gasteiger partial charge in [0.2, 0.25) is 0 Å². The van der Waals surface area contributed by atoms with Gasteiger partial charge in [0, 0.05) is 11.6 Å². The van der Waals surface area contributed by atoms with Gasteiger partial charge in [-0.2, -0.15) is 13.2 Å². The lowest BCUT2D eigenvalue weighted by atomic mass is 10.0. The average molecular weight is 228 g/mol. The SMILES string of the molecule is CC(C)c1c[nH]c2nc(C(F)(F)F)ccc12. The Morgan fingerprint density at radius 2 is 1.94 bits per heavy atom. The maximum absolute atomic E-state index is 12.4. The first kappa shape index (κ1) is 11.0. The monoisotopic (exact) mass is 228 g/mol. The summed E-state index contributed by atoms with van der Waals surface area (Å²) in [6, 6.07) is 2.49. The summed E-state index contributed by atoms with van der Waals surface area (Å²) in [6.07, 6.45) is -2.68. The number of aromatic nitrogens is 2. The molecule has 0 amide bonds. The van der Waals surface area contributed by atoms with E-state index in [1.165, 1.54) is 6.07 Å². The number of halogens is 3. The van der Waals surface area contributed by atoms with Gasteiger partial charge in [-0.05, 0) is 23.6 Å². The molecular formula is C11H11F3N2. The van der Waals surface area contributed by atoms with Gasteiger partial charge in [0.1, 0.15) is 11.3 Å². The molecule has 0 saturated heterocycles. The summed E-state index contributed by atoms with van der Waals surface area (Å²) in [6.45, 7) is 3.97. The standard InChI is InChI=1S/C11H11F3N2/c1-6(2)8-5-15-10-7(8)3-4-9(16-10)11(12,13)14/h3-6H,1-2H3,(H,15,16). The van der Waals surface area contributed by atoms with Crippen molar-refractivity contribution in [3.8, 4) is 0 Å². The van der Waals surface area contributed by atoms with E-state index < -0.39 is 11.9 Å². The van der Waals surface area contributed by atoms with Crippen molar-refractivity contribution in [1.82, 2.24) is 9.97 Å². The van der Waals surface area contributed by atoms with Gasteiger partial charge < -0.3 is 4.98 Å². The normalized spacial score (nSPS) is 12.6. The van der Waals surface area contributed by atoms with Crippen LogP contribution in [0.2, 0.25) is 0 Å². The molecule has 86 valence electrons. The van der Waals surface area contributed by atoms with Gasteiger partial charge in [-0.3, -0.25) is 0 Å². The van der Waals surface area contributed by atoms with Crippen LogP contribution in [-0.2, 0) is 6.18 Å². The lowest BCUT2D eigenvalue weighted by molar-refractivity contribution is -0.141. The molecule has 0 aliphatic rings. The molecular weight excluding hydrogens is 217 g/mol. The summed E-state index contributed by atoms with van der Waals surface area (Å²) < 4.78 is 37.2. The Morgan fingerprint density at radius 1 is 1.25 bits per heavy atom. The predicted octanol–water partition coefficient (Wildman–Crippen LogP) is 3.71. The minimum Gasteiger partial charge on any atom is -0.346 e. The molecule has 2 rings (SSSR count). The molecule has 0 aliphatic carbocycles. The third kappa shape index (κ3) is 1.77. The lowest BCUT2D eigenvalue weighted by Gasteiger charge is -2.06. The zero-order chi connectivity index (χ0) is 11.9. The second-order valence-corrected chi connectivity index (χ2v) is 3.99. The summed E-state index contributed by atoms with van der Waals surface area (Å²) in [7, 11) is 0. The summed E-state index contributed by atoms with van der Waals surface area (Å²) in [4.78, 5) is 6.34. The van der Waals surface area contributed by atoms with Crippen LogP contribution in [0.25, 0.3) is 11.0 Å². The molecule has 0 atom stereocenters. The Kier molecular flexibility index (Phi) is 2.40. The fraction of sp³-hybridized carbons (Fsp3) is 0.364. The first-order valence-electron chi connectivity index (χ1n) is 4.95. The van der Waals surface area contributed by atoms with Crippen LogP contribution in [0.1, 0.15) is 31.0 Å². The van der Waals surface area contributed by atoms with Crippen LogP contribution in [0, 0.1) is 0 Å². The smallest absolute Gasteiger partial charge is 0.346 e. The van der Waals surface area contributed by atoms with Crippen molar-refractivity contribution in [2.75, 3.05) is 0 Å². The number of aromatic amines is 1. The Hall–Kier alpha value is -1.52. The molecule has 5 heteroatoms. The number of rotatable bonds is 1. The summed E-state index contributed by atoms with van der Waals surface area (Å²) >= 11 is 0. The molecule has 0 bridgehead atoms. The minimum absolute atomic E-state index is 0.257. The minimum atomic E-state index is -4.39. The second kappa shape index (κ2) is 3.50. The summed E-state index contributed by atoms with van der Waals surface area (Å²) in [5, 5.41) is 0.753. The Morgan fingerprint density at radius 3 is 2.50 bits per heavy atom. The molecule has 0 spiro atoms. The Labute approximate surface area is 90.5 Å². The highest BCUT2D eigenvalue weighted by Gasteiger charge is 2.32. The van der Waals surface area contributed by atoms with Gasteiger partial charge in [0.05, 0.1) is 0 Å². The summed E-state index contributed by atoms with van der Waals surface area (Å²) in [5.41, 5.74) is 0.409. The molecule has 0 saturated carbocycles. The molecule has 0 aromatic carbocycles. The topological polar surface area (TPSA) is 28.7 Å². The van der Waals surface area contributed by atoms with E-state index >= 15 is 0 Å². The number of nitrogens with one attached hydrogen (secondary N) is 1. The van der Waals surface area contributed by atoms with Gasteiger partial charge in [-0.25, -0.2) is 4.98 Å². The Bertz CT molecular complexity index is 511. The molecule has 16 heavy (non-hydrogen) atoms. The highest BCUT2D eigenvalue weighted by Crippen LogP contribution is 2.30. The van der Waals surface area contributed by atoms with Gasteiger partial charge in [-0.15, -0.1) is 0 Å². The highest BCUT2D eigenvalue weighted by atomic mass is 19.4. The number of nitrogens with zero attached hydrogens (tertiary/aromatic N) is 1. The van der Waals surface area contributed by atoms with E-state index in [1.807, 2.05) is 13.8 Å². The fourth-order valence-corrected chi connectivity index (χ4v) is 1.66. The van der Waals surface area contributed by atoms with Crippen molar-refractivity contribution in [2.45, 2.75) is 25.9 Å². The van der Waals surface area contributed by atoms with Crippen molar-refractivity contribution >= 4 is 11.0 Å². The van der Waals surface area contributed by atoms with E-state index in [1.54, 1.807) is 6.20 Å². The summed E-state index contributed by atoms with van der Waals surface area (Å²) in [5.74, 6) is 0.257. The number of pyridine rings is 1. The second-order valence-electron chi connectivity index (χ2n) is 3.99. The first-order chi connectivity index (χ1) is 7.39. The largest absolute Gasteiger partial charge is 0.433 e. The van der Waals surface area contributed by atoms with Crippen LogP contribution in [0.3, 0.4) is 0 Å². The highest BCUT2D eigenvalue weighted by molar-refractivity contribution is 5.80. The van der Waals surface area contributed by atoms with Gasteiger partial charge in [0.25, 0.3) is 0 Å². The van der Waals surface area contributed by atoms with E-state index in [0.29, 0.717) is 5.65 Å². The number of H-pyrrole nitrogens is 1. The fourth-order valence-electron chi connectivity index (χ4n) is 1.66. The van der Waals surface area contributed by atoms with E-state index in [0.717, 1.165) is 17.0 Å². The van der Waals surface area contributed by atoms with Crippen LogP contribution in [0.15, 0.2) is 18.3 Å². The van der Waals surface area contributed by atoms with Gasteiger partial charge >= 0.3 is 6.18 Å². The average Bonchev–Trinajstić information content (AvgIpc) is 2.58. The third-order valence-electron chi connectivity index (χ3n) is 2.48. The van der Waals surface area contributed by atoms with Gasteiger partial charge in [0.15, 0.2) is 0 Å². The molecule has 0 aliphatic heterocycles. The predicted molar refractivity (Wildman–Crippen MR) is 55.2 cm³/mol. The molecule has 1 N–H and O–H groups in total. The van der Waals surface area contributed by atoms with Crippen molar-refractivity contribution in [2.24, 2.45) is 0 Å². The molecule has 2 aromatic heterocycles. The van der Waals surface area contributed by atoms with Crippen LogP contribution in [0.5, 0.6) is 0 Å². The Balaban J connectivity index is 2.58. The maximum atomic E-state index is 12.4. The van der Waals surface area contributed by atoms with Crippen LogP contribution in [0.4, 0.5) is 13.2 Å². The van der Waals surface area contributed by atoms with Crippen molar-refractivity contribution in [3.63, 3.8) is 0 Å². The molecule has 0 unspecified atom stereocenters. The quantitative estimate of drug-likeness (QED) is 0.792. The number of hydrogen-bond donors (Lipinski definition) is 1. The number of fused-ring (bicyclic) bond motifs is 1. The molecule has 0 fully saturated rings. The molecule has 2 aromatic rings. The first-order valence-corrected chi connectivity index (χ1v) is 4.95. The van der Waals surface area contributed by atoms with E-state index in [4.69, 9.17) is 0 Å². The lowest BCUT2D eigenvalue weighted by Crippen LogP contribution is -2.07. The van der Waals surface area contributed by atoms with E-state index in [-0.39, 0.29) is 5.92 Å².